The summed E-state index contributed by atoms with van der Waals surface area (Å²) in [6, 6.07) is 1.73. The van der Waals surface area contributed by atoms with Gasteiger partial charge in [-0.05, 0) is 45.1 Å². The molecular weight excluding hydrogens is 488 g/mol. The molecule has 2 rings (SSSR count). The average Bonchev–Trinajstić information content (AvgIpc) is 3.06. The number of aliphatic imine (C=N–C) groups is 1. The molecule has 1 fully saturated rings. The van der Waals surface area contributed by atoms with Crippen molar-refractivity contribution in [1.82, 2.24) is 16.0 Å². The van der Waals surface area contributed by atoms with Gasteiger partial charge in [-0.25, -0.2) is 0 Å². The van der Waals surface area contributed by atoms with Crippen molar-refractivity contribution in [2.45, 2.75) is 51.2 Å². The van der Waals surface area contributed by atoms with E-state index in [0.717, 1.165) is 5.56 Å². The van der Waals surface area contributed by atoms with Crippen molar-refractivity contribution in [1.29, 1.82) is 0 Å². The fraction of sp³-hybridized carbons (Fsp3) is 0.667. The van der Waals surface area contributed by atoms with Crippen molar-refractivity contribution in [3.05, 3.63) is 23.7 Å². The molecule has 28 heavy (non-hydrogen) atoms. The average molecular weight is 516 g/mol. The van der Waals surface area contributed by atoms with Gasteiger partial charge in [0.05, 0.1) is 12.2 Å². The predicted octanol–water partition coefficient (Wildman–Crippen LogP) is 3.61. The highest BCUT2D eigenvalue weighted by atomic mass is 127. The largest absolute Gasteiger partial charge is 0.459 e. The summed E-state index contributed by atoms with van der Waals surface area (Å²) >= 11 is 0. The van der Waals surface area contributed by atoms with Gasteiger partial charge in [0.2, 0.25) is 0 Å². The first-order valence-corrected chi connectivity index (χ1v) is 9.17. The molecule has 1 amide bonds. The minimum absolute atomic E-state index is 0. The van der Waals surface area contributed by atoms with Crippen LogP contribution in [0.3, 0.4) is 0 Å². The molecule has 0 atom stereocenters. The molecule has 6 nitrogen and oxygen atoms in total. The van der Waals surface area contributed by atoms with E-state index in [-0.39, 0.29) is 48.8 Å². The van der Waals surface area contributed by atoms with Gasteiger partial charge in [-0.2, -0.15) is 13.2 Å². The third-order valence-electron chi connectivity index (χ3n) is 4.75. The molecule has 0 spiro atoms. The Morgan fingerprint density at radius 1 is 1.21 bits per heavy atom. The second-order valence-electron chi connectivity index (χ2n) is 6.78. The number of halogens is 4. The van der Waals surface area contributed by atoms with Crippen LogP contribution in [-0.4, -0.2) is 44.2 Å². The van der Waals surface area contributed by atoms with E-state index in [1.807, 2.05) is 0 Å². The molecule has 1 heterocycles. The van der Waals surface area contributed by atoms with Crippen molar-refractivity contribution < 1.29 is 22.4 Å². The number of nitrogens with zero attached hydrogens (tertiary/aromatic N) is 1. The molecule has 1 aliphatic rings. The van der Waals surface area contributed by atoms with Crippen LogP contribution >= 0.6 is 24.0 Å². The summed E-state index contributed by atoms with van der Waals surface area (Å²) in [4.78, 5) is 16.0. The van der Waals surface area contributed by atoms with Gasteiger partial charge in [0, 0.05) is 31.7 Å². The van der Waals surface area contributed by atoms with Gasteiger partial charge in [-0.1, -0.05) is 0 Å². The van der Waals surface area contributed by atoms with Gasteiger partial charge in [0.25, 0.3) is 5.91 Å². The van der Waals surface area contributed by atoms with Crippen LogP contribution in [-0.2, 0) is 0 Å². The number of alkyl halides is 3. The minimum Gasteiger partial charge on any atom is -0.459 e. The zero-order valence-corrected chi connectivity index (χ0v) is 18.4. The van der Waals surface area contributed by atoms with Gasteiger partial charge < -0.3 is 20.4 Å². The van der Waals surface area contributed by atoms with Gasteiger partial charge in [-0.3, -0.25) is 9.79 Å². The summed E-state index contributed by atoms with van der Waals surface area (Å²) < 4.78 is 43.3. The third kappa shape index (κ3) is 7.51. The van der Waals surface area contributed by atoms with Crippen LogP contribution in [0.5, 0.6) is 0 Å². The molecule has 0 saturated heterocycles. The van der Waals surface area contributed by atoms with Crippen LogP contribution in [0.1, 0.15) is 48.2 Å². The number of furan rings is 1. The summed E-state index contributed by atoms with van der Waals surface area (Å²) in [7, 11) is 1.62. The maximum Gasteiger partial charge on any atom is 0.391 e. The quantitative estimate of drug-likeness (QED) is 0.234. The molecule has 10 heteroatoms. The van der Waals surface area contributed by atoms with Crippen LogP contribution in [0.25, 0.3) is 0 Å². The van der Waals surface area contributed by atoms with Gasteiger partial charge >= 0.3 is 6.18 Å². The van der Waals surface area contributed by atoms with E-state index in [9.17, 15) is 18.0 Å². The Morgan fingerprint density at radius 3 is 2.39 bits per heavy atom. The maximum absolute atomic E-state index is 12.7. The fourth-order valence-corrected chi connectivity index (χ4v) is 3.14. The Labute approximate surface area is 180 Å². The summed E-state index contributed by atoms with van der Waals surface area (Å²) in [6.45, 7) is 2.85. The van der Waals surface area contributed by atoms with Crippen molar-refractivity contribution in [3.63, 3.8) is 0 Å². The van der Waals surface area contributed by atoms with Crippen LogP contribution in [0.15, 0.2) is 21.7 Å². The van der Waals surface area contributed by atoms with E-state index in [2.05, 4.69) is 20.9 Å². The van der Waals surface area contributed by atoms with Crippen molar-refractivity contribution >= 4 is 35.8 Å². The van der Waals surface area contributed by atoms with Crippen molar-refractivity contribution in [2.24, 2.45) is 10.9 Å². The van der Waals surface area contributed by atoms with Crippen LogP contribution < -0.4 is 16.0 Å². The van der Waals surface area contributed by atoms with Crippen molar-refractivity contribution in [3.8, 4) is 0 Å². The summed E-state index contributed by atoms with van der Waals surface area (Å²) in [5.41, 5.74) is 0.787. The Hall–Kier alpha value is -1.46. The lowest BCUT2D eigenvalue weighted by atomic mass is 9.85. The molecule has 160 valence electrons. The number of rotatable bonds is 6. The van der Waals surface area contributed by atoms with E-state index in [1.165, 1.54) is 6.26 Å². The highest BCUT2D eigenvalue weighted by Gasteiger charge is 2.41. The topological polar surface area (TPSA) is 78.7 Å². The van der Waals surface area contributed by atoms with Crippen LogP contribution in [0.4, 0.5) is 13.2 Å². The van der Waals surface area contributed by atoms with E-state index >= 15 is 0 Å². The molecule has 1 saturated carbocycles. The standard InChI is InChI=1S/C18H27F3N4O2.HI/c1-12-8-11-27-15(12)16(26)23-9-3-10-24-17(22-2)25-14-6-4-13(5-7-14)18(19,20)21;/h8,11,13-14H,3-7,9-10H2,1-2H3,(H,23,26)(H2,22,24,25);1H. The first-order chi connectivity index (χ1) is 12.8. The van der Waals surface area contributed by atoms with E-state index in [1.54, 1.807) is 20.0 Å². The first kappa shape index (κ1) is 24.6. The van der Waals surface area contributed by atoms with E-state index in [0.29, 0.717) is 44.1 Å². The molecule has 0 aromatic carbocycles. The number of hydrogen-bond acceptors (Lipinski definition) is 3. The molecular formula is C18H28F3IN4O2. The van der Waals surface area contributed by atoms with E-state index in [4.69, 9.17) is 4.42 Å². The number of carbonyl (C=O) groups is 1. The summed E-state index contributed by atoms with van der Waals surface area (Å²) in [5.74, 6) is -0.554. The lowest BCUT2D eigenvalue weighted by Crippen LogP contribution is -2.46. The Kier molecular flexibility index (Phi) is 10.1. The molecule has 0 radical (unpaired) electrons. The number of aryl methyl sites for hydroxylation is 1. The Bertz CT molecular complexity index is 641. The predicted molar refractivity (Wildman–Crippen MR) is 112 cm³/mol. The number of hydrogen-bond donors (Lipinski definition) is 3. The fourth-order valence-electron chi connectivity index (χ4n) is 3.14. The first-order valence-electron chi connectivity index (χ1n) is 9.17. The lowest BCUT2D eigenvalue weighted by Gasteiger charge is -2.31. The highest BCUT2D eigenvalue weighted by Crippen LogP contribution is 2.37. The lowest BCUT2D eigenvalue weighted by molar-refractivity contribution is -0.182. The van der Waals surface area contributed by atoms with Gasteiger partial charge in [0.15, 0.2) is 11.7 Å². The SMILES string of the molecule is CN=C(NCCCNC(=O)c1occc1C)NC1CCC(C(F)(F)F)CC1.I. The number of carbonyl (C=O) groups excluding carboxylic acids is 1. The maximum atomic E-state index is 12.7. The minimum atomic E-state index is -4.09. The highest BCUT2D eigenvalue weighted by molar-refractivity contribution is 14.0. The summed E-state index contributed by atoms with van der Waals surface area (Å²) in [5, 5.41) is 9.07. The zero-order chi connectivity index (χ0) is 19.9. The Balaban J connectivity index is 0.00000392. The molecule has 0 aliphatic heterocycles. The van der Waals surface area contributed by atoms with Gasteiger partial charge in [0.1, 0.15) is 0 Å². The Morgan fingerprint density at radius 2 is 1.86 bits per heavy atom. The number of amides is 1. The van der Waals surface area contributed by atoms with Gasteiger partial charge in [-0.15, -0.1) is 24.0 Å². The monoisotopic (exact) mass is 516 g/mol. The van der Waals surface area contributed by atoms with Crippen LogP contribution in [0, 0.1) is 12.8 Å². The second-order valence-corrected chi connectivity index (χ2v) is 6.78. The smallest absolute Gasteiger partial charge is 0.391 e. The van der Waals surface area contributed by atoms with Crippen molar-refractivity contribution in [2.75, 3.05) is 20.1 Å². The molecule has 3 N–H and O–H groups in total. The number of guanidine groups is 1. The van der Waals surface area contributed by atoms with E-state index < -0.39 is 12.1 Å². The molecule has 1 aliphatic carbocycles. The third-order valence-corrected chi connectivity index (χ3v) is 4.75. The second kappa shape index (κ2) is 11.5. The molecule has 0 unspecified atom stereocenters. The molecule has 0 bridgehead atoms. The molecule has 1 aromatic rings. The number of nitrogens with one attached hydrogen (secondary N) is 3. The van der Waals surface area contributed by atoms with Crippen LogP contribution in [0.2, 0.25) is 0 Å². The normalized spacial score (nSPS) is 20.2. The summed E-state index contributed by atoms with van der Waals surface area (Å²) in [6.07, 6.45) is -0.695. The zero-order valence-electron chi connectivity index (χ0n) is 16.1. The molecule has 1 aromatic heterocycles.